The quantitative estimate of drug-likeness (QED) is 0.733. The maximum absolute atomic E-state index is 12.1. The van der Waals surface area contributed by atoms with Crippen LogP contribution in [0.4, 0.5) is 10.5 Å². The van der Waals surface area contributed by atoms with Crippen LogP contribution in [0.1, 0.15) is 32.1 Å². The predicted octanol–water partition coefficient (Wildman–Crippen LogP) is 2.86. The number of urea groups is 1. The third kappa shape index (κ3) is 6.59. The summed E-state index contributed by atoms with van der Waals surface area (Å²) in [4.78, 5) is 14.6. The van der Waals surface area contributed by atoms with E-state index in [1.165, 1.54) is 0 Å². The standard InChI is InChI=1S/C20H31N3O3/c24-20(21-17-6-2-1-3-7-17)22-18-8-4-9-19(16-18)26-13-5-10-23-11-14-25-15-12-23/h1-3,6-7,18-19H,4-5,8-16H2,(H2,21,22,24). The van der Waals surface area contributed by atoms with Crippen LogP contribution in [0.25, 0.3) is 0 Å². The fourth-order valence-electron chi connectivity index (χ4n) is 3.66. The first-order valence-corrected chi connectivity index (χ1v) is 9.84. The minimum Gasteiger partial charge on any atom is -0.379 e. The Morgan fingerprint density at radius 3 is 2.81 bits per heavy atom. The summed E-state index contributed by atoms with van der Waals surface area (Å²) < 4.78 is 11.4. The smallest absolute Gasteiger partial charge is 0.319 e. The number of nitrogens with one attached hydrogen (secondary N) is 2. The first-order valence-electron chi connectivity index (χ1n) is 9.84. The lowest BCUT2D eigenvalue weighted by Crippen LogP contribution is -2.42. The SMILES string of the molecule is O=C(Nc1ccccc1)NC1CCCC(OCCCN2CCOCC2)C1. The van der Waals surface area contributed by atoms with Gasteiger partial charge in [-0.15, -0.1) is 0 Å². The molecule has 2 aliphatic rings. The highest BCUT2D eigenvalue weighted by atomic mass is 16.5. The van der Waals surface area contributed by atoms with Gasteiger partial charge in [0, 0.05) is 38.0 Å². The molecule has 1 aromatic carbocycles. The second-order valence-corrected chi connectivity index (χ2v) is 7.13. The Morgan fingerprint density at radius 2 is 2.00 bits per heavy atom. The largest absolute Gasteiger partial charge is 0.379 e. The van der Waals surface area contributed by atoms with E-state index in [1.54, 1.807) is 0 Å². The number of carbonyl (C=O) groups is 1. The summed E-state index contributed by atoms with van der Waals surface area (Å²) >= 11 is 0. The second kappa shape index (κ2) is 10.5. The van der Waals surface area contributed by atoms with Gasteiger partial charge in [-0.05, 0) is 44.2 Å². The van der Waals surface area contributed by atoms with Gasteiger partial charge in [0.05, 0.1) is 19.3 Å². The van der Waals surface area contributed by atoms with Gasteiger partial charge in [0.15, 0.2) is 0 Å². The van der Waals surface area contributed by atoms with Crippen LogP contribution in [0.15, 0.2) is 30.3 Å². The van der Waals surface area contributed by atoms with Crippen LogP contribution in [0, 0.1) is 0 Å². The fourth-order valence-corrected chi connectivity index (χ4v) is 3.66. The molecule has 0 spiro atoms. The van der Waals surface area contributed by atoms with E-state index < -0.39 is 0 Å². The molecule has 6 heteroatoms. The van der Waals surface area contributed by atoms with Crippen molar-refractivity contribution in [1.82, 2.24) is 10.2 Å². The molecule has 26 heavy (non-hydrogen) atoms. The highest BCUT2D eigenvalue weighted by molar-refractivity contribution is 5.89. The third-order valence-corrected chi connectivity index (χ3v) is 5.07. The number of para-hydroxylation sites is 1. The van der Waals surface area contributed by atoms with Gasteiger partial charge in [-0.3, -0.25) is 4.90 Å². The minimum absolute atomic E-state index is 0.130. The number of ether oxygens (including phenoxy) is 2. The van der Waals surface area contributed by atoms with Gasteiger partial charge >= 0.3 is 6.03 Å². The van der Waals surface area contributed by atoms with Gasteiger partial charge in [-0.25, -0.2) is 4.79 Å². The molecule has 0 radical (unpaired) electrons. The molecule has 1 aliphatic carbocycles. The topological polar surface area (TPSA) is 62.8 Å². The summed E-state index contributed by atoms with van der Waals surface area (Å²) in [6, 6.07) is 9.60. The number of morpholine rings is 1. The van der Waals surface area contributed by atoms with Crippen molar-refractivity contribution < 1.29 is 14.3 Å². The van der Waals surface area contributed by atoms with Gasteiger partial charge in [-0.2, -0.15) is 0 Å². The predicted molar refractivity (Wildman–Crippen MR) is 102 cm³/mol. The highest BCUT2D eigenvalue weighted by Crippen LogP contribution is 2.21. The summed E-state index contributed by atoms with van der Waals surface area (Å²) in [5.74, 6) is 0. The monoisotopic (exact) mass is 361 g/mol. The van der Waals surface area contributed by atoms with Crippen molar-refractivity contribution in [3.8, 4) is 0 Å². The van der Waals surface area contributed by atoms with Crippen LogP contribution >= 0.6 is 0 Å². The van der Waals surface area contributed by atoms with Gasteiger partial charge < -0.3 is 20.1 Å². The maximum atomic E-state index is 12.1. The van der Waals surface area contributed by atoms with Gasteiger partial charge in [0.1, 0.15) is 0 Å². The Kier molecular flexibility index (Phi) is 7.73. The molecular formula is C20H31N3O3. The molecule has 0 bridgehead atoms. The molecule has 2 atom stereocenters. The van der Waals surface area contributed by atoms with E-state index in [9.17, 15) is 4.79 Å². The van der Waals surface area contributed by atoms with Crippen LogP contribution in [-0.2, 0) is 9.47 Å². The number of benzene rings is 1. The number of nitrogens with zero attached hydrogens (tertiary/aromatic N) is 1. The summed E-state index contributed by atoms with van der Waals surface area (Å²) in [6.07, 6.45) is 5.44. The average Bonchev–Trinajstić information content (AvgIpc) is 2.67. The molecule has 2 amide bonds. The molecule has 2 fully saturated rings. The van der Waals surface area contributed by atoms with Crippen molar-refractivity contribution in [3.63, 3.8) is 0 Å². The van der Waals surface area contributed by atoms with E-state index >= 15 is 0 Å². The van der Waals surface area contributed by atoms with Crippen LogP contribution in [0.2, 0.25) is 0 Å². The first kappa shape index (κ1) is 19.1. The number of hydrogen-bond acceptors (Lipinski definition) is 4. The number of rotatable bonds is 7. The molecule has 1 saturated carbocycles. The molecule has 1 saturated heterocycles. The normalized spacial score (nSPS) is 24.2. The Balaban J connectivity index is 1.31. The Morgan fingerprint density at radius 1 is 1.19 bits per heavy atom. The Labute approximate surface area is 156 Å². The van der Waals surface area contributed by atoms with Crippen LogP contribution < -0.4 is 10.6 Å². The first-order chi connectivity index (χ1) is 12.8. The molecule has 2 N–H and O–H groups in total. The van der Waals surface area contributed by atoms with E-state index in [0.717, 1.165) is 77.2 Å². The van der Waals surface area contributed by atoms with E-state index in [-0.39, 0.29) is 18.2 Å². The molecule has 144 valence electrons. The van der Waals surface area contributed by atoms with Gasteiger partial charge in [-0.1, -0.05) is 18.2 Å². The number of amides is 2. The molecule has 0 aromatic heterocycles. The van der Waals surface area contributed by atoms with Crippen LogP contribution in [0.5, 0.6) is 0 Å². The van der Waals surface area contributed by atoms with Crippen LogP contribution in [0.3, 0.4) is 0 Å². The summed E-state index contributed by atoms with van der Waals surface area (Å²) in [7, 11) is 0. The van der Waals surface area contributed by atoms with E-state index in [4.69, 9.17) is 9.47 Å². The molecule has 6 nitrogen and oxygen atoms in total. The summed E-state index contributed by atoms with van der Waals surface area (Å²) in [5.41, 5.74) is 0.816. The summed E-state index contributed by atoms with van der Waals surface area (Å²) in [6.45, 7) is 5.64. The van der Waals surface area contributed by atoms with E-state index in [2.05, 4.69) is 15.5 Å². The van der Waals surface area contributed by atoms with Crippen molar-refractivity contribution in [1.29, 1.82) is 0 Å². The molecule has 1 heterocycles. The lowest BCUT2D eigenvalue weighted by atomic mass is 9.93. The molecule has 3 rings (SSSR count). The van der Waals surface area contributed by atoms with Crippen molar-refractivity contribution in [2.24, 2.45) is 0 Å². The van der Waals surface area contributed by atoms with E-state index in [1.807, 2.05) is 30.3 Å². The highest BCUT2D eigenvalue weighted by Gasteiger charge is 2.23. The number of hydrogen-bond donors (Lipinski definition) is 2. The maximum Gasteiger partial charge on any atom is 0.319 e. The molecular weight excluding hydrogens is 330 g/mol. The zero-order valence-electron chi connectivity index (χ0n) is 15.5. The number of anilines is 1. The Hall–Kier alpha value is -1.63. The molecule has 1 aliphatic heterocycles. The van der Waals surface area contributed by atoms with Crippen molar-refractivity contribution >= 4 is 11.7 Å². The second-order valence-electron chi connectivity index (χ2n) is 7.13. The zero-order valence-corrected chi connectivity index (χ0v) is 15.5. The minimum atomic E-state index is -0.130. The molecule has 2 unspecified atom stereocenters. The fraction of sp³-hybridized carbons (Fsp3) is 0.650. The average molecular weight is 361 g/mol. The molecule has 1 aromatic rings. The lowest BCUT2D eigenvalue weighted by Gasteiger charge is -2.30. The lowest BCUT2D eigenvalue weighted by molar-refractivity contribution is 0.00576. The van der Waals surface area contributed by atoms with Crippen molar-refractivity contribution in [2.75, 3.05) is 44.8 Å². The Bertz CT molecular complexity index is 534. The van der Waals surface area contributed by atoms with Crippen LogP contribution in [-0.4, -0.2) is 62.5 Å². The van der Waals surface area contributed by atoms with Crippen molar-refractivity contribution in [2.45, 2.75) is 44.2 Å². The van der Waals surface area contributed by atoms with E-state index in [0.29, 0.717) is 0 Å². The van der Waals surface area contributed by atoms with Gasteiger partial charge in [0.25, 0.3) is 0 Å². The van der Waals surface area contributed by atoms with Gasteiger partial charge in [0.2, 0.25) is 0 Å². The number of carbonyl (C=O) groups excluding carboxylic acids is 1. The summed E-state index contributed by atoms with van der Waals surface area (Å²) in [5, 5.41) is 5.97. The zero-order chi connectivity index (χ0) is 18.0. The third-order valence-electron chi connectivity index (χ3n) is 5.07. The van der Waals surface area contributed by atoms with Crippen molar-refractivity contribution in [3.05, 3.63) is 30.3 Å².